The Morgan fingerprint density at radius 1 is 1.36 bits per heavy atom. The van der Waals surface area contributed by atoms with E-state index in [1.54, 1.807) is 6.07 Å². The molecular formula is C11H13F2N. The Bertz CT molecular complexity index is 314. The van der Waals surface area contributed by atoms with E-state index in [1.807, 2.05) is 6.07 Å². The van der Waals surface area contributed by atoms with E-state index < -0.39 is 0 Å². The van der Waals surface area contributed by atoms with Crippen molar-refractivity contribution in [2.24, 2.45) is 5.92 Å². The molecule has 1 N–H and O–H groups in total. The average molecular weight is 197 g/mol. The lowest BCUT2D eigenvalue weighted by atomic mass is 9.90. The second kappa shape index (κ2) is 4.05. The Kier molecular flexibility index (Phi) is 2.77. The van der Waals surface area contributed by atoms with Gasteiger partial charge in [0.05, 0.1) is 6.67 Å². The van der Waals surface area contributed by atoms with Crippen molar-refractivity contribution in [2.45, 2.75) is 5.92 Å². The highest BCUT2D eigenvalue weighted by molar-refractivity contribution is 5.23. The number of halogens is 2. The Morgan fingerprint density at radius 2 is 2.21 bits per heavy atom. The Balaban J connectivity index is 2.21. The molecule has 0 aliphatic carbocycles. The second-order valence-corrected chi connectivity index (χ2v) is 3.73. The van der Waals surface area contributed by atoms with Crippen LogP contribution in [0.4, 0.5) is 8.78 Å². The number of nitrogens with one attached hydrogen (secondary N) is 1. The summed E-state index contributed by atoms with van der Waals surface area (Å²) in [6.07, 6.45) is 0. The van der Waals surface area contributed by atoms with Gasteiger partial charge >= 0.3 is 0 Å². The van der Waals surface area contributed by atoms with Gasteiger partial charge in [-0.2, -0.15) is 0 Å². The van der Waals surface area contributed by atoms with E-state index in [4.69, 9.17) is 0 Å². The lowest BCUT2D eigenvalue weighted by Crippen LogP contribution is -2.12. The van der Waals surface area contributed by atoms with Crippen molar-refractivity contribution in [1.29, 1.82) is 0 Å². The Morgan fingerprint density at radius 3 is 2.93 bits per heavy atom. The summed E-state index contributed by atoms with van der Waals surface area (Å²) in [5.74, 6) is -0.125. The number of hydrogen-bond acceptors (Lipinski definition) is 1. The molecule has 1 heterocycles. The number of benzene rings is 1. The van der Waals surface area contributed by atoms with Gasteiger partial charge < -0.3 is 5.32 Å². The molecule has 0 bridgehead atoms. The van der Waals surface area contributed by atoms with Crippen LogP contribution in [0, 0.1) is 11.7 Å². The molecule has 0 spiro atoms. The summed E-state index contributed by atoms with van der Waals surface area (Å²) in [5.41, 5.74) is 0.901. The van der Waals surface area contributed by atoms with E-state index in [0.29, 0.717) is 6.54 Å². The minimum absolute atomic E-state index is 0.00296. The van der Waals surface area contributed by atoms with Crippen LogP contribution in [0.15, 0.2) is 24.3 Å². The number of rotatable bonds is 2. The van der Waals surface area contributed by atoms with Gasteiger partial charge in [0.1, 0.15) is 5.82 Å². The van der Waals surface area contributed by atoms with Gasteiger partial charge in [-0.3, -0.25) is 4.39 Å². The Labute approximate surface area is 82.1 Å². The van der Waals surface area contributed by atoms with Crippen LogP contribution in [-0.2, 0) is 0 Å². The predicted molar refractivity (Wildman–Crippen MR) is 51.5 cm³/mol. The molecule has 0 aromatic heterocycles. The molecule has 1 nitrogen and oxygen atoms in total. The summed E-state index contributed by atoms with van der Waals surface area (Å²) < 4.78 is 25.5. The molecule has 3 heteroatoms. The van der Waals surface area contributed by atoms with Crippen LogP contribution in [0.3, 0.4) is 0 Å². The van der Waals surface area contributed by atoms with Crippen LogP contribution < -0.4 is 5.32 Å². The minimum atomic E-state index is -0.339. The standard InChI is InChI=1S/C11H13F2N/c12-5-9-6-14-7-11(9)8-2-1-3-10(13)4-8/h1-4,9,11,14H,5-7H2/t9-,11-/m1/s1. The zero-order valence-electron chi connectivity index (χ0n) is 7.84. The van der Waals surface area contributed by atoms with Gasteiger partial charge in [0.25, 0.3) is 0 Å². The summed E-state index contributed by atoms with van der Waals surface area (Å²) >= 11 is 0. The molecule has 1 aliphatic rings. The molecule has 14 heavy (non-hydrogen) atoms. The molecule has 1 fully saturated rings. The van der Waals surface area contributed by atoms with Crippen LogP contribution in [-0.4, -0.2) is 19.8 Å². The van der Waals surface area contributed by atoms with Crippen molar-refractivity contribution < 1.29 is 8.78 Å². The van der Waals surface area contributed by atoms with Gasteiger partial charge in [-0.05, 0) is 17.7 Å². The van der Waals surface area contributed by atoms with E-state index in [0.717, 1.165) is 12.1 Å². The van der Waals surface area contributed by atoms with Crippen LogP contribution in [0.2, 0.25) is 0 Å². The fourth-order valence-electron chi connectivity index (χ4n) is 2.02. The van der Waals surface area contributed by atoms with Gasteiger partial charge in [0, 0.05) is 24.9 Å². The molecule has 0 amide bonds. The van der Waals surface area contributed by atoms with Crippen molar-refractivity contribution >= 4 is 0 Å². The van der Waals surface area contributed by atoms with Crippen LogP contribution in [0.25, 0.3) is 0 Å². The lowest BCUT2D eigenvalue weighted by Gasteiger charge is -2.15. The van der Waals surface area contributed by atoms with Crippen molar-refractivity contribution in [3.63, 3.8) is 0 Å². The van der Waals surface area contributed by atoms with Crippen molar-refractivity contribution in [2.75, 3.05) is 19.8 Å². The topological polar surface area (TPSA) is 12.0 Å². The maximum atomic E-state index is 12.9. The maximum Gasteiger partial charge on any atom is 0.123 e. The van der Waals surface area contributed by atoms with E-state index in [-0.39, 0.29) is 24.3 Å². The highest BCUT2D eigenvalue weighted by Crippen LogP contribution is 2.28. The molecule has 0 saturated carbocycles. The zero-order valence-corrected chi connectivity index (χ0v) is 7.84. The first-order valence-corrected chi connectivity index (χ1v) is 4.83. The van der Waals surface area contributed by atoms with Crippen LogP contribution in [0.1, 0.15) is 11.5 Å². The first kappa shape index (κ1) is 9.59. The van der Waals surface area contributed by atoms with Crippen molar-refractivity contribution in [3.05, 3.63) is 35.6 Å². The lowest BCUT2D eigenvalue weighted by molar-refractivity contribution is 0.358. The van der Waals surface area contributed by atoms with Gasteiger partial charge in [0.2, 0.25) is 0 Å². The molecule has 1 aromatic carbocycles. The van der Waals surface area contributed by atoms with Crippen molar-refractivity contribution in [1.82, 2.24) is 5.32 Å². The molecule has 1 aromatic rings. The van der Waals surface area contributed by atoms with E-state index >= 15 is 0 Å². The summed E-state index contributed by atoms with van der Waals surface area (Å²) in [5, 5.41) is 3.13. The number of alkyl halides is 1. The van der Waals surface area contributed by atoms with Gasteiger partial charge in [-0.25, -0.2) is 4.39 Å². The minimum Gasteiger partial charge on any atom is -0.316 e. The summed E-state index contributed by atoms with van der Waals surface area (Å²) in [6, 6.07) is 6.46. The molecule has 2 rings (SSSR count). The molecule has 76 valence electrons. The maximum absolute atomic E-state index is 12.9. The van der Waals surface area contributed by atoms with Crippen LogP contribution in [0.5, 0.6) is 0 Å². The largest absolute Gasteiger partial charge is 0.316 e. The third-order valence-electron chi connectivity index (χ3n) is 2.81. The van der Waals surface area contributed by atoms with E-state index in [2.05, 4.69) is 5.32 Å². The third-order valence-corrected chi connectivity index (χ3v) is 2.81. The third kappa shape index (κ3) is 1.77. The summed E-state index contributed by atoms with van der Waals surface area (Å²) in [4.78, 5) is 0. The quantitative estimate of drug-likeness (QED) is 0.765. The zero-order chi connectivity index (χ0) is 9.97. The molecule has 1 aliphatic heterocycles. The molecule has 0 radical (unpaired) electrons. The average Bonchev–Trinajstić information content (AvgIpc) is 2.65. The highest BCUT2D eigenvalue weighted by Gasteiger charge is 2.28. The highest BCUT2D eigenvalue weighted by atomic mass is 19.1. The van der Waals surface area contributed by atoms with Gasteiger partial charge in [-0.15, -0.1) is 0 Å². The fourth-order valence-corrected chi connectivity index (χ4v) is 2.02. The first-order valence-electron chi connectivity index (χ1n) is 4.83. The predicted octanol–water partition coefficient (Wildman–Crippen LogP) is 2.10. The van der Waals surface area contributed by atoms with Crippen molar-refractivity contribution in [3.8, 4) is 0 Å². The van der Waals surface area contributed by atoms with Gasteiger partial charge in [0.15, 0.2) is 0 Å². The summed E-state index contributed by atoms with van der Waals surface area (Å²) in [6.45, 7) is 1.10. The van der Waals surface area contributed by atoms with Crippen LogP contribution >= 0.6 is 0 Å². The van der Waals surface area contributed by atoms with E-state index in [1.165, 1.54) is 12.1 Å². The van der Waals surface area contributed by atoms with E-state index in [9.17, 15) is 8.78 Å². The first-order chi connectivity index (χ1) is 6.81. The normalized spacial score (nSPS) is 26.7. The molecular weight excluding hydrogens is 184 g/mol. The fraction of sp³-hybridized carbons (Fsp3) is 0.455. The monoisotopic (exact) mass is 197 g/mol. The molecule has 0 unspecified atom stereocenters. The smallest absolute Gasteiger partial charge is 0.123 e. The molecule has 2 atom stereocenters. The summed E-state index contributed by atoms with van der Waals surface area (Å²) in [7, 11) is 0. The molecule has 1 saturated heterocycles. The Hall–Kier alpha value is -0.960. The van der Waals surface area contributed by atoms with Gasteiger partial charge in [-0.1, -0.05) is 12.1 Å². The SMILES string of the molecule is FC[C@@H]1CNC[C@@H]1c1cccc(F)c1. The number of hydrogen-bond donors (Lipinski definition) is 1. The second-order valence-electron chi connectivity index (χ2n) is 3.73.